The Kier molecular flexibility index (Phi) is 11.0. The largest absolute Gasteiger partial charge is 0.444 e. The van der Waals surface area contributed by atoms with Crippen LogP contribution in [0.3, 0.4) is 0 Å². The van der Waals surface area contributed by atoms with E-state index in [0.717, 1.165) is 16.7 Å². The lowest BCUT2D eigenvalue weighted by atomic mass is 10.1. The molecule has 10 nitrogen and oxygen atoms in total. The average Bonchev–Trinajstić information content (AvgIpc) is 3.46. The normalized spacial score (nSPS) is 11.9. The second-order valence-corrected chi connectivity index (χ2v) is 9.42. The first kappa shape index (κ1) is 29.7. The molecular formula is C32H33N5O5. The number of aliphatic imine (C=N–C) groups is 1. The van der Waals surface area contributed by atoms with Gasteiger partial charge in [0.2, 0.25) is 5.91 Å². The van der Waals surface area contributed by atoms with Crippen LogP contribution in [0.1, 0.15) is 30.7 Å². The third-order valence-electron chi connectivity index (χ3n) is 6.23. The monoisotopic (exact) mass is 567 g/mol. The van der Waals surface area contributed by atoms with Crippen LogP contribution in [0.25, 0.3) is 22.6 Å². The average molecular weight is 568 g/mol. The van der Waals surface area contributed by atoms with E-state index in [1.807, 2.05) is 91.0 Å². The third kappa shape index (κ3) is 9.16. The van der Waals surface area contributed by atoms with E-state index in [0.29, 0.717) is 36.5 Å². The van der Waals surface area contributed by atoms with Crippen molar-refractivity contribution >= 4 is 24.2 Å². The summed E-state index contributed by atoms with van der Waals surface area (Å²) in [5, 5.41) is 5.08. The van der Waals surface area contributed by atoms with Gasteiger partial charge in [-0.15, -0.1) is 0 Å². The van der Waals surface area contributed by atoms with Gasteiger partial charge in [-0.25, -0.2) is 9.78 Å². The number of ether oxygens (including phenoxy) is 1. The van der Waals surface area contributed by atoms with Crippen LogP contribution in [-0.2, 0) is 27.4 Å². The van der Waals surface area contributed by atoms with E-state index >= 15 is 0 Å². The first-order valence-electron chi connectivity index (χ1n) is 13.6. The number of benzene rings is 3. The molecule has 0 saturated carbocycles. The Morgan fingerprint density at radius 3 is 2.26 bits per heavy atom. The number of carbonyl (C=O) groups excluding carboxylic acids is 3. The predicted molar refractivity (Wildman–Crippen MR) is 159 cm³/mol. The maximum absolute atomic E-state index is 12.6. The molecule has 0 bridgehead atoms. The molecule has 2 amide bonds. The van der Waals surface area contributed by atoms with Crippen molar-refractivity contribution in [3.8, 4) is 22.6 Å². The summed E-state index contributed by atoms with van der Waals surface area (Å²) in [6.07, 6.45) is 1.18. The number of amides is 2. The molecule has 4 aromatic rings. The van der Waals surface area contributed by atoms with Gasteiger partial charge >= 0.3 is 6.09 Å². The highest BCUT2D eigenvalue weighted by atomic mass is 16.5. The first-order valence-corrected chi connectivity index (χ1v) is 13.6. The van der Waals surface area contributed by atoms with Crippen LogP contribution in [0.15, 0.2) is 100 Å². The Labute approximate surface area is 244 Å². The molecular weight excluding hydrogens is 534 g/mol. The Balaban J connectivity index is 1.22. The summed E-state index contributed by atoms with van der Waals surface area (Å²) >= 11 is 0. The molecule has 0 aliphatic carbocycles. The molecule has 10 heteroatoms. The molecule has 1 atom stereocenters. The minimum absolute atomic E-state index is 0.0876. The van der Waals surface area contributed by atoms with Gasteiger partial charge in [0, 0.05) is 30.5 Å². The summed E-state index contributed by atoms with van der Waals surface area (Å²) in [4.78, 5) is 44.8. The van der Waals surface area contributed by atoms with Crippen LogP contribution >= 0.6 is 0 Å². The Morgan fingerprint density at radius 1 is 0.952 bits per heavy atom. The molecule has 42 heavy (non-hydrogen) atoms. The van der Waals surface area contributed by atoms with E-state index < -0.39 is 12.1 Å². The van der Waals surface area contributed by atoms with Crippen LogP contribution in [0.2, 0.25) is 0 Å². The fourth-order valence-electron chi connectivity index (χ4n) is 4.14. The first-order chi connectivity index (χ1) is 20.5. The van der Waals surface area contributed by atoms with Crippen LogP contribution in [0.5, 0.6) is 0 Å². The van der Waals surface area contributed by atoms with Crippen LogP contribution in [-0.4, -0.2) is 41.8 Å². The minimum Gasteiger partial charge on any atom is -0.444 e. The van der Waals surface area contributed by atoms with E-state index in [-0.39, 0.29) is 37.9 Å². The van der Waals surface area contributed by atoms with E-state index in [1.54, 1.807) is 0 Å². The zero-order valence-electron chi connectivity index (χ0n) is 23.1. The number of aryl methyl sites for hydroxylation is 1. The molecule has 1 aromatic heterocycles. The van der Waals surface area contributed by atoms with Crippen molar-refractivity contribution < 1.29 is 23.5 Å². The number of oxazole rings is 1. The van der Waals surface area contributed by atoms with E-state index in [1.165, 1.54) is 0 Å². The minimum atomic E-state index is -0.712. The fraction of sp³-hybridized carbons (Fsp3) is 0.219. The van der Waals surface area contributed by atoms with E-state index in [2.05, 4.69) is 20.6 Å². The topological polar surface area (TPSA) is 149 Å². The standard InChI is InChI=1S/C32H33N5O5/c33-31(37-32(40)41-22-23-11-4-1-5-12-23)34-20-10-17-26(21-38)35-27(39)18-19-28-36-29(24-13-6-2-7-14-24)30(42-28)25-15-8-3-9-16-25/h1-9,11-16,21,26H,10,17-20,22H2,(H,35,39)(H3,33,34,37,40). The van der Waals surface area contributed by atoms with Crippen molar-refractivity contribution in [1.29, 1.82) is 0 Å². The summed E-state index contributed by atoms with van der Waals surface area (Å²) in [7, 11) is 0. The molecule has 0 aliphatic heterocycles. The van der Waals surface area contributed by atoms with Crippen molar-refractivity contribution in [3.63, 3.8) is 0 Å². The maximum atomic E-state index is 12.6. The fourth-order valence-corrected chi connectivity index (χ4v) is 4.14. The van der Waals surface area contributed by atoms with Gasteiger partial charge in [-0.1, -0.05) is 91.0 Å². The number of aromatic nitrogens is 1. The number of alkyl carbamates (subject to hydrolysis) is 1. The molecule has 216 valence electrons. The molecule has 3 aromatic carbocycles. The molecule has 0 radical (unpaired) electrons. The smallest absolute Gasteiger partial charge is 0.414 e. The zero-order chi connectivity index (χ0) is 29.6. The molecule has 0 spiro atoms. The summed E-state index contributed by atoms with van der Waals surface area (Å²) < 4.78 is 11.2. The summed E-state index contributed by atoms with van der Waals surface area (Å²) in [5.74, 6) is 0.695. The maximum Gasteiger partial charge on any atom is 0.414 e. The molecule has 0 fully saturated rings. The van der Waals surface area contributed by atoms with Crippen LogP contribution in [0, 0.1) is 0 Å². The molecule has 4 rings (SSSR count). The molecule has 0 aliphatic rings. The van der Waals surface area contributed by atoms with Crippen LogP contribution in [0.4, 0.5) is 4.79 Å². The van der Waals surface area contributed by atoms with Gasteiger partial charge in [0.15, 0.2) is 17.6 Å². The van der Waals surface area contributed by atoms with Crippen molar-refractivity contribution in [2.45, 2.75) is 38.3 Å². The van der Waals surface area contributed by atoms with Gasteiger partial charge in [0.1, 0.15) is 18.6 Å². The van der Waals surface area contributed by atoms with Gasteiger partial charge in [0.05, 0.1) is 6.04 Å². The summed E-state index contributed by atoms with van der Waals surface area (Å²) in [6.45, 7) is 0.366. The number of carbonyl (C=O) groups is 3. The Bertz CT molecular complexity index is 1420. The lowest BCUT2D eigenvalue weighted by Crippen LogP contribution is -2.37. The Morgan fingerprint density at radius 2 is 1.60 bits per heavy atom. The Hall–Kier alpha value is -5.25. The highest BCUT2D eigenvalue weighted by Gasteiger charge is 2.18. The lowest BCUT2D eigenvalue weighted by molar-refractivity contribution is -0.124. The van der Waals surface area contributed by atoms with E-state index in [9.17, 15) is 14.4 Å². The number of nitrogens with two attached hydrogens (primary N) is 1. The second-order valence-electron chi connectivity index (χ2n) is 9.42. The van der Waals surface area contributed by atoms with Crippen molar-refractivity contribution in [3.05, 3.63) is 102 Å². The molecule has 4 N–H and O–H groups in total. The lowest BCUT2D eigenvalue weighted by Gasteiger charge is -2.12. The van der Waals surface area contributed by atoms with Crippen molar-refractivity contribution in [2.24, 2.45) is 10.7 Å². The van der Waals surface area contributed by atoms with Gasteiger partial charge in [-0.3, -0.25) is 15.1 Å². The summed E-state index contributed by atoms with van der Waals surface area (Å²) in [6, 6.07) is 28.0. The highest BCUT2D eigenvalue weighted by Crippen LogP contribution is 2.32. The number of guanidine groups is 1. The predicted octanol–water partition coefficient (Wildman–Crippen LogP) is 4.65. The molecule has 1 heterocycles. The molecule has 1 unspecified atom stereocenters. The summed E-state index contributed by atoms with van der Waals surface area (Å²) in [5.41, 5.74) is 9.10. The van der Waals surface area contributed by atoms with Gasteiger partial charge in [-0.05, 0) is 18.4 Å². The van der Waals surface area contributed by atoms with E-state index in [4.69, 9.17) is 14.9 Å². The number of hydrogen-bond donors (Lipinski definition) is 3. The quantitative estimate of drug-likeness (QED) is 0.0922. The number of rotatable bonds is 13. The number of aldehydes is 1. The third-order valence-corrected chi connectivity index (χ3v) is 6.23. The SMILES string of the molecule is NC(=NCCCC(C=O)NC(=O)CCc1nc(-c2ccccc2)c(-c2ccccc2)o1)NC(=O)OCc1ccccc1. The van der Waals surface area contributed by atoms with Crippen LogP contribution < -0.4 is 16.4 Å². The van der Waals surface area contributed by atoms with Gasteiger partial charge in [0.25, 0.3) is 0 Å². The van der Waals surface area contributed by atoms with Gasteiger partial charge < -0.3 is 25.0 Å². The number of nitrogens with zero attached hydrogens (tertiary/aromatic N) is 2. The van der Waals surface area contributed by atoms with Gasteiger partial charge in [-0.2, -0.15) is 0 Å². The highest BCUT2D eigenvalue weighted by molar-refractivity contribution is 5.92. The number of hydrogen-bond acceptors (Lipinski definition) is 7. The number of nitrogens with one attached hydrogen (secondary N) is 2. The van der Waals surface area contributed by atoms with Crippen molar-refractivity contribution in [1.82, 2.24) is 15.6 Å². The second kappa shape index (κ2) is 15.5. The molecule has 0 saturated heterocycles. The van der Waals surface area contributed by atoms with Crippen molar-refractivity contribution in [2.75, 3.05) is 6.54 Å². The zero-order valence-corrected chi connectivity index (χ0v) is 23.1.